The Morgan fingerprint density at radius 2 is 1.02 bits per heavy atom. The zero-order valence-electron chi connectivity index (χ0n) is 48.0. The maximum absolute atomic E-state index is 14.5. The van der Waals surface area contributed by atoms with E-state index >= 15 is 0 Å². The Bertz CT molecular complexity index is 2310. The smallest absolute Gasteiger partial charge is 0.245 e. The van der Waals surface area contributed by atoms with Crippen LogP contribution in [0.4, 0.5) is 0 Å². The Morgan fingerprint density at radius 1 is 0.542 bits per heavy atom. The number of carbonyl (C=O) groups excluding carboxylic acids is 11. The lowest BCUT2D eigenvalue weighted by Crippen LogP contribution is -2.62. The summed E-state index contributed by atoms with van der Waals surface area (Å²) in [5.41, 5.74) is 29.9. The van der Waals surface area contributed by atoms with Crippen LogP contribution in [0.15, 0.2) is 30.3 Å². The highest BCUT2D eigenvalue weighted by molar-refractivity contribution is 5.99. The number of piperidine rings is 1. The Labute approximate surface area is 483 Å². The first-order valence-corrected chi connectivity index (χ1v) is 28.4. The van der Waals surface area contributed by atoms with E-state index in [0.717, 1.165) is 0 Å². The van der Waals surface area contributed by atoms with Crippen LogP contribution in [0.25, 0.3) is 0 Å². The van der Waals surface area contributed by atoms with Gasteiger partial charge < -0.3 is 103 Å². The molecule has 2 aliphatic rings. The van der Waals surface area contributed by atoms with Crippen molar-refractivity contribution in [2.45, 2.75) is 165 Å². The molecule has 24 N–H and O–H groups in total. The van der Waals surface area contributed by atoms with Crippen molar-refractivity contribution in [3.63, 3.8) is 0 Å². The first-order chi connectivity index (χ1) is 39.5. The molecular formula is C53H91N17O13. The molecule has 3 rings (SSSR count). The molecule has 83 heavy (non-hydrogen) atoms. The van der Waals surface area contributed by atoms with Crippen LogP contribution in [0, 0.1) is 11.8 Å². The van der Waals surface area contributed by atoms with Gasteiger partial charge >= 0.3 is 0 Å². The molecule has 2 fully saturated rings. The van der Waals surface area contributed by atoms with Crippen molar-refractivity contribution in [1.82, 2.24) is 63.8 Å². The van der Waals surface area contributed by atoms with Gasteiger partial charge in [0.2, 0.25) is 65.0 Å². The monoisotopic (exact) mass is 1170 g/mol. The van der Waals surface area contributed by atoms with Crippen LogP contribution in [-0.2, 0) is 59.2 Å². The number of aliphatic hydroxyl groups excluding tert-OH is 2. The molecule has 2 aliphatic heterocycles. The number of hydrogen-bond acceptors (Lipinski definition) is 19. The van der Waals surface area contributed by atoms with Crippen LogP contribution in [0.1, 0.15) is 91.0 Å². The Balaban J connectivity index is 2.08. The molecule has 0 spiro atoms. The lowest BCUT2D eigenvalue weighted by molar-refractivity contribution is -0.137. The van der Waals surface area contributed by atoms with Crippen molar-refractivity contribution >= 4 is 65.0 Å². The number of carbonyl (C=O) groups is 11. The van der Waals surface area contributed by atoms with Crippen LogP contribution in [0.3, 0.4) is 0 Å². The van der Waals surface area contributed by atoms with Gasteiger partial charge in [-0.05, 0) is 129 Å². The molecule has 0 radical (unpaired) electrons. The van der Waals surface area contributed by atoms with Crippen molar-refractivity contribution in [3.05, 3.63) is 35.9 Å². The highest BCUT2D eigenvalue weighted by Gasteiger charge is 2.38. The van der Waals surface area contributed by atoms with Gasteiger partial charge in [-0.15, -0.1) is 0 Å². The third-order valence-electron chi connectivity index (χ3n) is 13.9. The topological polar surface area (TPSA) is 503 Å². The van der Waals surface area contributed by atoms with Crippen molar-refractivity contribution in [2.75, 3.05) is 52.4 Å². The first-order valence-electron chi connectivity index (χ1n) is 28.4. The summed E-state index contributed by atoms with van der Waals surface area (Å²) in [5.74, 6) is -10.3. The molecule has 30 heteroatoms. The van der Waals surface area contributed by atoms with Gasteiger partial charge in [0.1, 0.15) is 60.4 Å². The zero-order valence-corrected chi connectivity index (χ0v) is 48.0. The second-order valence-corrected chi connectivity index (χ2v) is 21.3. The quantitative estimate of drug-likeness (QED) is 0.0457. The molecule has 0 bridgehead atoms. The summed E-state index contributed by atoms with van der Waals surface area (Å²) in [6.07, 6.45) is -3.44. The van der Waals surface area contributed by atoms with Crippen molar-refractivity contribution < 1.29 is 63.0 Å². The number of benzene rings is 1. The molecule has 3 unspecified atom stereocenters. The Morgan fingerprint density at radius 3 is 1.53 bits per heavy atom. The van der Waals surface area contributed by atoms with Gasteiger partial charge in [-0.1, -0.05) is 44.2 Å². The van der Waals surface area contributed by atoms with Gasteiger partial charge in [-0.2, -0.15) is 0 Å². The van der Waals surface area contributed by atoms with Gasteiger partial charge in [0.15, 0.2) is 0 Å². The summed E-state index contributed by atoms with van der Waals surface area (Å²) < 4.78 is 0. The lowest BCUT2D eigenvalue weighted by atomic mass is 9.96. The number of amides is 11. The third-order valence-corrected chi connectivity index (χ3v) is 13.9. The van der Waals surface area contributed by atoms with E-state index < -0.39 is 145 Å². The summed E-state index contributed by atoms with van der Waals surface area (Å²) in [6.45, 7) is 6.00. The molecule has 1 aromatic rings. The van der Waals surface area contributed by atoms with Gasteiger partial charge in [-0.25, -0.2) is 0 Å². The normalized spacial score (nSPS) is 24.1. The second-order valence-electron chi connectivity index (χ2n) is 21.3. The first kappa shape index (κ1) is 70.3. The largest absolute Gasteiger partial charge is 0.391 e. The van der Waals surface area contributed by atoms with E-state index in [1.54, 1.807) is 44.2 Å². The maximum atomic E-state index is 14.5. The molecule has 1 aromatic carbocycles. The minimum atomic E-state index is -1.70. The van der Waals surface area contributed by atoms with E-state index in [0.29, 0.717) is 31.5 Å². The Kier molecular flexibility index (Phi) is 31.0. The van der Waals surface area contributed by atoms with Crippen LogP contribution in [-0.4, -0.2) is 200 Å². The molecule has 0 aliphatic carbocycles. The fraction of sp³-hybridized carbons (Fsp3) is 0.679. The minimum absolute atomic E-state index is 0.0192. The molecule has 0 aromatic heterocycles. The molecular weight excluding hydrogens is 1080 g/mol. The van der Waals surface area contributed by atoms with Crippen molar-refractivity contribution in [1.29, 1.82) is 0 Å². The molecule has 0 saturated carbocycles. The van der Waals surface area contributed by atoms with E-state index in [1.165, 1.54) is 13.8 Å². The standard InChI is InChI=1S/C53H91N17O13/c1-28(2)26-39-50(80)64-33(10-18-54)44(74)63-37(14-22-58)49(79)69-41(29(3)71)52(82)60-25-17-38(47(77)62-34(11-19-55)46(76)68-40(51(81)67-39)27-31-8-6-5-7-9-31)65-45(75)35(12-20-56)66-53(83)42(30(4)72)70-48(78)36(13-21-57)61-43(73)32-15-23-59-24-16-32/h5-9,28-30,32-42,59,71-72H,10-27,54-58H2,1-4H3,(H,60,82)(H,61,73)(H,62,77)(H,63,74)(H,64,80)(H,65,75)(H,66,83)(H,67,81)(H,68,76)(H,69,79)(H,70,78)/t29?,30?,33-,34-,35-,36-,37-,38-,39-,40+,41?,42-/m0/s1. The third kappa shape index (κ3) is 23.7. The predicted octanol–water partition coefficient (Wildman–Crippen LogP) is -7.85. The van der Waals surface area contributed by atoms with E-state index in [4.69, 9.17) is 28.7 Å². The van der Waals surface area contributed by atoms with Crippen LogP contribution >= 0.6 is 0 Å². The SMILES string of the molecule is CC(C)C[C@@H]1NC(=O)[C@@H](Cc2ccccc2)NC(=O)[C@H](CCN)NC(=O)[C@@H](NC(=O)[C@H](CCN)NC(=O)[C@@H](NC(=O)[C@H](CCN)NC(=O)C2CCNCC2)C(C)O)CCNC(=O)C(C(C)O)NC(=O)[C@H](CCN)NC(=O)[C@H](CCN)NC1=O. The highest BCUT2D eigenvalue weighted by Crippen LogP contribution is 2.14. The molecule has 12 atom stereocenters. The number of rotatable bonds is 24. The number of nitrogens with two attached hydrogens (primary N) is 5. The van der Waals surface area contributed by atoms with Gasteiger partial charge in [0.05, 0.1) is 12.2 Å². The summed E-state index contributed by atoms with van der Waals surface area (Å²) in [5, 5.41) is 52.8. The average molecular weight is 1170 g/mol. The van der Waals surface area contributed by atoms with E-state index in [-0.39, 0.29) is 95.4 Å². The molecule has 11 amide bonds. The number of nitrogens with one attached hydrogen (secondary N) is 12. The summed E-state index contributed by atoms with van der Waals surface area (Å²) in [7, 11) is 0. The summed E-state index contributed by atoms with van der Waals surface area (Å²) in [4.78, 5) is 154. The molecule has 2 saturated heterocycles. The van der Waals surface area contributed by atoms with Gasteiger partial charge in [0.25, 0.3) is 0 Å². The van der Waals surface area contributed by atoms with Crippen molar-refractivity contribution in [2.24, 2.45) is 40.5 Å². The second kappa shape index (κ2) is 36.6. The highest BCUT2D eigenvalue weighted by atomic mass is 16.3. The Hall–Kier alpha value is -6.93. The maximum Gasteiger partial charge on any atom is 0.245 e. The minimum Gasteiger partial charge on any atom is -0.391 e. The lowest BCUT2D eigenvalue weighted by Gasteiger charge is -2.29. The number of hydrogen-bond donors (Lipinski definition) is 19. The van der Waals surface area contributed by atoms with Gasteiger partial charge in [-0.3, -0.25) is 52.7 Å². The van der Waals surface area contributed by atoms with Crippen LogP contribution in [0.2, 0.25) is 0 Å². The summed E-state index contributed by atoms with van der Waals surface area (Å²) in [6, 6.07) is -6.24. The fourth-order valence-electron chi connectivity index (χ4n) is 9.25. The molecule has 30 nitrogen and oxygen atoms in total. The van der Waals surface area contributed by atoms with E-state index in [2.05, 4.69) is 63.8 Å². The zero-order chi connectivity index (χ0) is 61.8. The van der Waals surface area contributed by atoms with E-state index in [9.17, 15) is 63.0 Å². The predicted molar refractivity (Wildman–Crippen MR) is 304 cm³/mol. The summed E-state index contributed by atoms with van der Waals surface area (Å²) >= 11 is 0. The average Bonchev–Trinajstić information content (AvgIpc) is 3.44. The van der Waals surface area contributed by atoms with Crippen LogP contribution in [0.5, 0.6) is 0 Å². The van der Waals surface area contributed by atoms with Crippen molar-refractivity contribution in [3.8, 4) is 0 Å². The number of aliphatic hydroxyl groups is 2. The van der Waals surface area contributed by atoms with Gasteiger partial charge in [0, 0.05) is 18.9 Å². The molecule has 2 heterocycles. The van der Waals surface area contributed by atoms with Crippen LogP contribution < -0.4 is 92.5 Å². The molecule has 466 valence electrons. The fourth-order valence-corrected chi connectivity index (χ4v) is 9.25. The van der Waals surface area contributed by atoms with E-state index in [1.807, 2.05) is 0 Å².